The Morgan fingerprint density at radius 1 is 1.05 bits per heavy atom. The second-order valence-corrected chi connectivity index (χ2v) is 11.9. The fourth-order valence-electron chi connectivity index (χ4n) is 4.86. The number of thiophene rings is 1. The van der Waals surface area contributed by atoms with E-state index in [1.807, 2.05) is 37.7 Å². The maximum absolute atomic E-state index is 13.6. The lowest BCUT2D eigenvalue weighted by molar-refractivity contribution is 0.0953. The Hall–Kier alpha value is -4.78. The Morgan fingerprint density at radius 2 is 1.84 bits per heavy atom. The molecule has 44 heavy (non-hydrogen) atoms. The quantitative estimate of drug-likeness (QED) is 0.201. The van der Waals surface area contributed by atoms with Crippen molar-refractivity contribution in [1.29, 1.82) is 0 Å². The van der Waals surface area contributed by atoms with Crippen LogP contribution in [-0.4, -0.2) is 36.8 Å². The lowest BCUT2D eigenvalue weighted by Gasteiger charge is -2.19. The summed E-state index contributed by atoms with van der Waals surface area (Å²) in [6, 6.07) is 8.71. The molecule has 0 spiro atoms. The van der Waals surface area contributed by atoms with Gasteiger partial charge in [0.2, 0.25) is 11.8 Å². The third-order valence-corrected chi connectivity index (χ3v) is 7.90. The number of nitrogens with two attached hydrogens (primary N) is 1. The number of halogens is 2. The molecule has 0 saturated heterocycles. The smallest absolute Gasteiger partial charge is 0.261 e. The topological polar surface area (TPSA) is 142 Å². The number of nitrogens with zero attached hydrogens (tertiary/aromatic N) is 5. The van der Waals surface area contributed by atoms with Crippen LogP contribution in [0, 0.1) is 31.4 Å². The molecule has 5 rings (SSSR count). The molecule has 1 aromatic carbocycles. The first-order chi connectivity index (χ1) is 21.0. The highest BCUT2D eigenvalue weighted by atomic mass is 32.1. The van der Waals surface area contributed by atoms with Gasteiger partial charge in [-0.25, -0.2) is 8.78 Å². The van der Waals surface area contributed by atoms with Gasteiger partial charge in [-0.2, -0.15) is 5.10 Å². The highest BCUT2D eigenvalue weighted by Gasteiger charge is 2.29. The van der Waals surface area contributed by atoms with Gasteiger partial charge in [0.25, 0.3) is 11.8 Å². The molecule has 3 N–H and O–H groups in total. The number of rotatable bonds is 11. The Balaban J connectivity index is 1.60. The second-order valence-electron chi connectivity index (χ2n) is 10.8. The summed E-state index contributed by atoms with van der Waals surface area (Å²) in [5.41, 5.74) is 9.60. The third kappa shape index (κ3) is 6.72. The van der Waals surface area contributed by atoms with Crippen LogP contribution in [0.5, 0.6) is 0 Å². The van der Waals surface area contributed by atoms with Crippen molar-refractivity contribution in [2.75, 3.05) is 0 Å². The van der Waals surface area contributed by atoms with Crippen molar-refractivity contribution in [2.45, 2.75) is 53.6 Å². The number of nitrogens with one attached hydrogen (secondary N) is 1. The Labute approximate surface area is 256 Å². The van der Waals surface area contributed by atoms with E-state index < -0.39 is 23.4 Å². The number of amides is 2. The zero-order valence-corrected chi connectivity index (χ0v) is 25.5. The summed E-state index contributed by atoms with van der Waals surface area (Å²) in [5.74, 6) is -2.39. The van der Waals surface area contributed by atoms with Crippen LogP contribution < -0.4 is 11.1 Å². The van der Waals surface area contributed by atoms with Crippen LogP contribution in [-0.2, 0) is 25.9 Å². The van der Waals surface area contributed by atoms with Crippen LogP contribution >= 0.6 is 11.3 Å². The minimum absolute atomic E-state index is 0.00679. The molecule has 0 bridgehead atoms. The summed E-state index contributed by atoms with van der Waals surface area (Å²) in [4.78, 5) is 32.1. The first-order valence-electron chi connectivity index (χ1n) is 14.0. The van der Waals surface area contributed by atoms with E-state index in [1.165, 1.54) is 6.07 Å². The van der Waals surface area contributed by atoms with Gasteiger partial charge in [0, 0.05) is 43.1 Å². The molecule has 2 amide bonds. The normalized spacial score (nSPS) is 11.3. The van der Waals surface area contributed by atoms with Crippen LogP contribution in [0.25, 0.3) is 21.9 Å². The van der Waals surface area contributed by atoms with Crippen LogP contribution in [0.3, 0.4) is 0 Å². The van der Waals surface area contributed by atoms with Crippen LogP contribution in [0.2, 0.25) is 0 Å². The van der Waals surface area contributed by atoms with Gasteiger partial charge in [-0.15, -0.1) is 21.5 Å². The summed E-state index contributed by atoms with van der Waals surface area (Å²) in [6.45, 7) is 8.11. The van der Waals surface area contributed by atoms with Gasteiger partial charge in [0.15, 0.2) is 11.6 Å². The average molecular weight is 620 g/mol. The van der Waals surface area contributed by atoms with E-state index in [9.17, 15) is 18.4 Å². The summed E-state index contributed by atoms with van der Waals surface area (Å²) in [7, 11) is 0. The fraction of sp³-hybridized carbons (Fsp3) is 0.290. The van der Waals surface area contributed by atoms with E-state index in [0.717, 1.165) is 29.2 Å². The SMILES string of the molecule is Cc1ccn(CCc2nc(CC(C)C)c(C(N)=O)c(-c3ccc(C(=O)NCc4ccc(F)c(F)c4)s3)c2-c2nnc(C)o2)n1. The summed E-state index contributed by atoms with van der Waals surface area (Å²) < 4.78 is 34.6. The van der Waals surface area contributed by atoms with Gasteiger partial charge in [-0.3, -0.25) is 19.3 Å². The largest absolute Gasteiger partial charge is 0.421 e. The Morgan fingerprint density at radius 3 is 2.48 bits per heavy atom. The number of pyridine rings is 1. The third-order valence-electron chi connectivity index (χ3n) is 6.80. The molecule has 0 aliphatic heterocycles. The number of primary amides is 1. The summed E-state index contributed by atoms with van der Waals surface area (Å²) >= 11 is 1.15. The summed E-state index contributed by atoms with van der Waals surface area (Å²) in [6.07, 6.45) is 2.79. The highest BCUT2D eigenvalue weighted by molar-refractivity contribution is 7.17. The first-order valence-corrected chi connectivity index (χ1v) is 14.8. The molecule has 0 radical (unpaired) electrons. The van der Waals surface area contributed by atoms with E-state index >= 15 is 0 Å². The number of benzene rings is 1. The standard InChI is InChI=1S/C31H31F2N7O3S/c1-16(2)13-23-26(29(34)41)28(24-7-8-25(44-24)30(42)35-15-19-5-6-20(32)21(33)14-19)27(31-38-37-18(4)43-31)22(36-23)10-12-40-11-9-17(3)39-40/h5-9,11,14,16H,10,12-13,15H2,1-4H3,(H2,34,41)(H,35,42). The zero-order valence-electron chi connectivity index (χ0n) is 24.6. The predicted octanol–water partition coefficient (Wildman–Crippen LogP) is 5.42. The summed E-state index contributed by atoms with van der Waals surface area (Å²) in [5, 5.41) is 15.5. The van der Waals surface area contributed by atoms with E-state index in [4.69, 9.17) is 15.1 Å². The first kappa shape index (κ1) is 30.7. The van der Waals surface area contributed by atoms with Gasteiger partial charge in [0.05, 0.1) is 33.1 Å². The molecule has 0 unspecified atom stereocenters. The minimum atomic E-state index is -0.994. The molecular formula is C31H31F2N7O3S. The van der Waals surface area contributed by atoms with Gasteiger partial charge < -0.3 is 15.5 Å². The number of carbonyl (C=O) groups is 2. The number of aromatic nitrogens is 5. The van der Waals surface area contributed by atoms with Crippen molar-refractivity contribution >= 4 is 23.2 Å². The number of hydrogen-bond acceptors (Lipinski definition) is 8. The molecule has 0 saturated carbocycles. The highest BCUT2D eigenvalue weighted by Crippen LogP contribution is 2.41. The van der Waals surface area contributed by atoms with Crippen molar-refractivity contribution in [2.24, 2.45) is 11.7 Å². The van der Waals surface area contributed by atoms with Crippen molar-refractivity contribution in [3.63, 3.8) is 0 Å². The van der Waals surface area contributed by atoms with Crippen molar-refractivity contribution in [1.82, 2.24) is 30.3 Å². The van der Waals surface area contributed by atoms with Crippen LogP contribution in [0.4, 0.5) is 8.78 Å². The van der Waals surface area contributed by atoms with E-state index in [1.54, 1.807) is 19.1 Å². The number of hydrogen-bond donors (Lipinski definition) is 2. The van der Waals surface area contributed by atoms with Gasteiger partial charge in [-0.05, 0) is 55.2 Å². The monoisotopic (exact) mass is 619 g/mol. The van der Waals surface area contributed by atoms with Crippen molar-refractivity contribution < 1.29 is 22.8 Å². The molecule has 4 heterocycles. The van der Waals surface area contributed by atoms with Gasteiger partial charge in [0.1, 0.15) is 0 Å². The Bertz CT molecular complexity index is 1840. The lowest BCUT2D eigenvalue weighted by atomic mass is 9.92. The van der Waals surface area contributed by atoms with Crippen molar-refractivity contribution in [3.05, 3.63) is 93.2 Å². The van der Waals surface area contributed by atoms with Crippen LogP contribution in [0.15, 0.2) is 47.0 Å². The maximum Gasteiger partial charge on any atom is 0.261 e. The molecule has 5 aromatic rings. The van der Waals surface area contributed by atoms with E-state index in [0.29, 0.717) is 63.1 Å². The molecule has 0 atom stereocenters. The van der Waals surface area contributed by atoms with Gasteiger partial charge in [-0.1, -0.05) is 19.9 Å². The van der Waals surface area contributed by atoms with Crippen LogP contribution in [0.1, 0.15) is 62.4 Å². The molecule has 0 aliphatic rings. The molecule has 0 aliphatic carbocycles. The zero-order chi connectivity index (χ0) is 31.5. The number of aryl methyl sites for hydroxylation is 4. The average Bonchev–Trinajstić information content (AvgIpc) is 3.73. The Kier molecular flexibility index (Phi) is 8.95. The molecule has 10 nitrogen and oxygen atoms in total. The van der Waals surface area contributed by atoms with E-state index in [2.05, 4.69) is 20.6 Å². The van der Waals surface area contributed by atoms with Gasteiger partial charge >= 0.3 is 0 Å². The molecule has 228 valence electrons. The van der Waals surface area contributed by atoms with Crippen molar-refractivity contribution in [3.8, 4) is 21.9 Å². The number of carbonyl (C=O) groups excluding carboxylic acids is 2. The molecule has 13 heteroatoms. The minimum Gasteiger partial charge on any atom is -0.421 e. The fourth-order valence-corrected chi connectivity index (χ4v) is 5.85. The van der Waals surface area contributed by atoms with E-state index in [-0.39, 0.29) is 23.9 Å². The molecule has 4 aromatic heterocycles. The second kappa shape index (κ2) is 12.8. The lowest BCUT2D eigenvalue weighted by Crippen LogP contribution is -2.21. The predicted molar refractivity (Wildman–Crippen MR) is 161 cm³/mol. The molecule has 0 fully saturated rings. The molecular weight excluding hydrogens is 588 g/mol. The maximum atomic E-state index is 13.6.